The van der Waals surface area contributed by atoms with Gasteiger partial charge in [0.25, 0.3) is 5.56 Å². The Hall–Kier alpha value is -2.74. The molecule has 26 heavy (non-hydrogen) atoms. The lowest BCUT2D eigenvalue weighted by molar-refractivity contribution is -0.133. The van der Waals surface area contributed by atoms with E-state index in [4.69, 9.17) is 4.74 Å². The molecule has 138 valence electrons. The van der Waals surface area contributed by atoms with E-state index in [0.717, 1.165) is 25.1 Å². The number of amides is 1. The molecule has 1 unspecified atom stereocenters. The monoisotopic (exact) mass is 358 g/mol. The van der Waals surface area contributed by atoms with Crippen LogP contribution in [-0.4, -0.2) is 44.6 Å². The quantitative estimate of drug-likeness (QED) is 0.779. The molecule has 0 saturated carbocycles. The number of aromatic nitrogens is 3. The van der Waals surface area contributed by atoms with Gasteiger partial charge in [-0.05, 0) is 25.0 Å². The Morgan fingerprint density at radius 2 is 2.23 bits per heavy atom. The normalized spacial score (nSPS) is 16.5. The zero-order valence-electron chi connectivity index (χ0n) is 14.5. The van der Waals surface area contributed by atoms with Crippen LogP contribution in [0.15, 0.2) is 46.2 Å². The third-order valence-electron chi connectivity index (χ3n) is 4.34. The topological polar surface area (TPSA) is 97.3 Å². The van der Waals surface area contributed by atoms with Crippen LogP contribution in [0, 0.1) is 0 Å². The van der Waals surface area contributed by atoms with Crippen LogP contribution in [0.25, 0.3) is 0 Å². The number of rotatable bonds is 7. The molecular formula is C18H22N4O4. The number of nitrogens with zero attached hydrogens (tertiary/aromatic N) is 3. The van der Waals surface area contributed by atoms with Gasteiger partial charge < -0.3 is 14.2 Å². The summed E-state index contributed by atoms with van der Waals surface area (Å²) in [7, 11) is 0. The second-order valence-corrected chi connectivity index (χ2v) is 6.28. The van der Waals surface area contributed by atoms with Crippen molar-refractivity contribution in [3.8, 4) is 0 Å². The average molecular weight is 358 g/mol. The molecule has 2 aromatic rings. The summed E-state index contributed by atoms with van der Waals surface area (Å²) in [6.45, 7) is 1.84. The Morgan fingerprint density at radius 3 is 2.92 bits per heavy atom. The largest absolute Gasteiger partial charge is 0.376 e. The highest BCUT2D eigenvalue weighted by Gasteiger charge is 2.23. The first-order chi connectivity index (χ1) is 12.6. The van der Waals surface area contributed by atoms with E-state index >= 15 is 0 Å². The minimum atomic E-state index is -0.513. The van der Waals surface area contributed by atoms with Crippen molar-refractivity contribution in [1.82, 2.24) is 19.4 Å². The summed E-state index contributed by atoms with van der Waals surface area (Å²) in [5.74, 6) is -0.0794. The second-order valence-electron chi connectivity index (χ2n) is 6.28. The number of aryl methyl sites for hydroxylation is 1. The lowest BCUT2D eigenvalue weighted by atomic mass is 10.2. The van der Waals surface area contributed by atoms with Crippen LogP contribution >= 0.6 is 0 Å². The minimum Gasteiger partial charge on any atom is -0.376 e. The summed E-state index contributed by atoms with van der Waals surface area (Å²) in [4.78, 5) is 43.8. The Balaban J connectivity index is 1.66. The minimum absolute atomic E-state index is 0.0402. The average Bonchev–Trinajstić information content (AvgIpc) is 3.14. The van der Waals surface area contributed by atoms with Gasteiger partial charge >= 0.3 is 5.69 Å². The summed E-state index contributed by atoms with van der Waals surface area (Å²) in [6.07, 6.45) is 5.24. The van der Waals surface area contributed by atoms with Crippen LogP contribution in [0.4, 0.5) is 0 Å². The predicted molar refractivity (Wildman–Crippen MR) is 94.6 cm³/mol. The van der Waals surface area contributed by atoms with Crippen LogP contribution in [0.5, 0.6) is 0 Å². The molecule has 1 saturated heterocycles. The fourth-order valence-corrected chi connectivity index (χ4v) is 2.97. The summed E-state index contributed by atoms with van der Waals surface area (Å²) in [5.41, 5.74) is -0.159. The molecule has 8 nitrogen and oxygen atoms in total. The maximum atomic E-state index is 12.7. The van der Waals surface area contributed by atoms with Gasteiger partial charge in [0.2, 0.25) is 5.91 Å². The molecule has 3 heterocycles. The summed E-state index contributed by atoms with van der Waals surface area (Å²) in [5, 5.41) is 0. The molecule has 3 rings (SSSR count). The maximum Gasteiger partial charge on any atom is 0.328 e. The predicted octanol–water partition coefficient (Wildman–Crippen LogP) is 0.529. The standard InChI is InChI=1S/C18H22N4O4/c23-16-6-9-21(18(25)20-16)10-7-17(24)22(13-15-5-3-11-26-15)12-14-4-1-2-8-19-14/h1-2,4,6,8-9,15H,3,5,7,10-13H2,(H,20,23,25). The molecule has 1 fully saturated rings. The van der Waals surface area contributed by atoms with E-state index in [0.29, 0.717) is 13.1 Å². The molecule has 1 amide bonds. The Bertz CT molecular complexity index is 840. The molecule has 1 N–H and O–H groups in total. The molecule has 2 aromatic heterocycles. The van der Waals surface area contributed by atoms with E-state index in [1.54, 1.807) is 11.1 Å². The fraction of sp³-hybridized carbons (Fsp3) is 0.444. The molecular weight excluding hydrogens is 336 g/mol. The van der Waals surface area contributed by atoms with E-state index in [1.807, 2.05) is 18.2 Å². The first-order valence-electron chi connectivity index (χ1n) is 8.71. The summed E-state index contributed by atoms with van der Waals surface area (Å²) >= 11 is 0. The lowest BCUT2D eigenvalue weighted by Crippen LogP contribution is -2.38. The highest BCUT2D eigenvalue weighted by Crippen LogP contribution is 2.15. The molecule has 0 aromatic carbocycles. The van der Waals surface area contributed by atoms with Gasteiger partial charge in [0.1, 0.15) is 0 Å². The van der Waals surface area contributed by atoms with Crippen molar-refractivity contribution in [2.24, 2.45) is 0 Å². The van der Waals surface area contributed by atoms with Gasteiger partial charge in [0.05, 0.1) is 18.3 Å². The number of aromatic amines is 1. The zero-order chi connectivity index (χ0) is 18.4. The van der Waals surface area contributed by atoms with Crippen LogP contribution in [0.2, 0.25) is 0 Å². The molecule has 0 radical (unpaired) electrons. The number of hydrogen-bond donors (Lipinski definition) is 1. The molecule has 1 atom stereocenters. The van der Waals surface area contributed by atoms with Crippen LogP contribution < -0.4 is 11.2 Å². The number of carbonyl (C=O) groups excluding carboxylic acids is 1. The lowest BCUT2D eigenvalue weighted by Gasteiger charge is -2.25. The number of pyridine rings is 1. The van der Waals surface area contributed by atoms with E-state index in [2.05, 4.69) is 9.97 Å². The van der Waals surface area contributed by atoms with E-state index < -0.39 is 11.2 Å². The van der Waals surface area contributed by atoms with Crippen molar-refractivity contribution >= 4 is 5.91 Å². The molecule has 1 aliphatic heterocycles. The van der Waals surface area contributed by atoms with Crippen molar-refractivity contribution in [2.45, 2.75) is 38.5 Å². The Labute approximate surface area is 150 Å². The Kier molecular flexibility index (Phi) is 5.96. The number of nitrogens with one attached hydrogen (secondary N) is 1. The van der Waals surface area contributed by atoms with Gasteiger partial charge in [0, 0.05) is 44.6 Å². The highest BCUT2D eigenvalue weighted by atomic mass is 16.5. The Morgan fingerprint density at radius 1 is 1.35 bits per heavy atom. The van der Waals surface area contributed by atoms with E-state index in [1.165, 1.54) is 16.8 Å². The van der Waals surface area contributed by atoms with Crippen molar-refractivity contribution < 1.29 is 9.53 Å². The first-order valence-corrected chi connectivity index (χ1v) is 8.71. The number of H-pyrrole nitrogens is 1. The van der Waals surface area contributed by atoms with Gasteiger partial charge in [-0.25, -0.2) is 4.79 Å². The summed E-state index contributed by atoms with van der Waals surface area (Å²) < 4.78 is 6.98. The number of hydrogen-bond acceptors (Lipinski definition) is 5. The smallest absolute Gasteiger partial charge is 0.328 e. The molecule has 0 spiro atoms. The highest BCUT2D eigenvalue weighted by molar-refractivity contribution is 5.76. The fourth-order valence-electron chi connectivity index (χ4n) is 2.97. The van der Waals surface area contributed by atoms with Gasteiger partial charge in [0.15, 0.2) is 0 Å². The zero-order valence-corrected chi connectivity index (χ0v) is 14.5. The molecule has 1 aliphatic rings. The summed E-state index contributed by atoms with van der Waals surface area (Å²) in [6, 6.07) is 6.86. The van der Waals surface area contributed by atoms with Gasteiger partial charge in [-0.15, -0.1) is 0 Å². The van der Waals surface area contributed by atoms with Gasteiger partial charge in [-0.1, -0.05) is 6.07 Å². The molecule has 8 heteroatoms. The third kappa shape index (κ3) is 4.89. The SMILES string of the molecule is O=C(CCn1ccc(=O)[nH]c1=O)N(Cc1ccccn1)CC1CCCO1. The first kappa shape index (κ1) is 18.1. The molecule has 0 aliphatic carbocycles. The number of ether oxygens (including phenoxy) is 1. The maximum absolute atomic E-state index is 12.7. The van der Waals surface area contributed by atoms with Crippen molar-refractivity contribution in [2.75, 3.05) is 13.2 Å². The van der Waals surface area contributed by atoms with Crippen molar-refractivity contribution in [3.05, 3.63) is 63.2 Å². The van der Waals surface area contributed by atoms with Crippen molar-refractivity contribution in [3.63, 3.8) is 0 Å². The van der Waals surface area contributed by atoms with Crippen LogP contribution in [0.3, 0.4) is 0 Å². The van der Waals surface area contributed by atoms with E-state index in [-0.39, 0.29) is 25.0 Å². The van der Waals surface area contributed by atoms with Gasteiger partial charge in [-0.3, -0.25) is 19.6 Å². The second kappa shape index (κ2) is 8.57. The number of carbonyl (C=O) groups is 1. The van der Waals surface area contributed by atoms with Gasteiger partial charge in [-0.2, -0.15) is 0 Å². The van der Waals surface area contributed by atoms with Crippen LogP contribution in [0.1, 0.15) is 25.0 Å². The molecule has 0 bridgehead atoms. The van der Waals surface area contributed by atoms with E-state index in [9.17, 15) is 14.4 Å². The third-order valence-corrected chi connectivity index (χ3v) is 4.34. The van der Waals surface area contributed by atoms with Crippen molar-refractivity contribution in [1.29, 1.82) is 0 Å². The van der Waals surface area contributed by atoms with Crippen LogP contribution in [-0.2, 0) is 22.6 Å².